The molecule has 2 N–H and O–H groups in total. The second-order valence-electron chi connectivity index (χ2n) is 7.88. The molecule has 1 aliphatic heterocycles. The first-order chi connectivity index (χ1) is 15.7. The summed E-state index contributed by atoms with van der Waals surface area (Å²) in [6.07, 6.45) is 0. The molecule has 4 rings (SSSR count). The second kappa shape index (κ2) is 8.92. The third-order valence-corrected chi connectivity index (χ3v) is 5.55. The molecule has 166 valence electrons. The minimum Gasteiger partial charge on any atom is -0.350 e. The van der Waals surface area contributed by atoms with Crippen LogP contribution in [-0.2, 0) is 14.4 Å². The fourth-order valence-electron chi connectivity index (χ4n) is 3.69. The molecule has 0 saturated heterocycles. The molecule has 0 atom stereocenters. The molecule has 33 heavy (non-hydrogen) atoms. The molecular formula is C26H22ClN3O3. The van der Waals surface area contributed by atoms with E-state index in [4.69, 9.17) is 11.6 Å². The maximum atomic E-state index is 13.6. The van der Waals surface area contributed by atoms with Crippen molar-refractivity contribution in [2.24, 2.45) is 0 Å². The van der Waals surface area contributed by atoms with Crippen molar-refractivity contribution in [2.75, 3.05) is 15.5 Å². The summed E-state index contributed by atoms with van der Waals surface area (Å²) in [6, 6.07) is 19.4. The van der Waals surface area contributed by atoms with E-state index in [0.29, 0.717) is 27.6 Å². The summed E-state index contributed by atoms with van der Waals surface area (Å²) in [4.78, 5) is 39.6. The SMILES string of the molecule is CC(=O)Nc1ccc(NC2=C(c3ccc(Cl)cc3)C(=O)N(c3cc(C)ccc3C)C2=O)cc1. The number of hydrogen-bond acceptors (Lipinski definition) is 4. The summed E-state index contributed by atoms with van der Waals surface area (Å²) in [5.41, 5.74) is 4.58. The Hall–Kier alpha value is -3.90. The number of imide groups is 1. The highest BCUT2D eigenvalue weighted by Crippen LogP contribution is 2.36. The average Bonchev–Trinajstić information content (AvgIpc) is 3.01. The molecule has 0 saturated carbocycles. The molecule has 0 radical (unpaired) electrons. The number of carbonyl (C=O) groups is 3. The van der Waals surface area contributed by atoms with Crippen molar-refractivity contribution < 1.29 is 14.4 Å². The molecule has 0 bridgehead atoms. The largest absolute Gasteiger partial charge is 0.350 e. The molecule has 7 heteroatoms. The molecular weight excluding hydrogens is 438 g/mol. The first-order valence-corrected chi connectivity index (χ1v) is 10.7. The van der Waals surface area contributed by atoms with Gasteiger partial charge in [-0.1, -0.05) is 35.9 Å². The topological polar surface area (TPSA) is 78.5 Å². The van der Waals surface area contributed by atoms with Gasteiger partial charge in [-0.3, -0.25) is 14.4 Å². The number of nitrogens with one attached hydrogen (secondary N) is 2. The fraction of sp³-hybridized carbons (Fsp3) is 0.115. The van der Waals surface area contributed by atoms with Crippen LogP contribution in [0.3, 0.4) is 0 Å². The van der Waals surface area contributed by atoms with Crippen LogP contribution in [-0.4, -0.2) is 17.7 Å². The molecule has 6 nitrogen and oxygen atoms in total. The minimum absolute atomic E-state index is 0.176. The summed E-state index contributed by atoms with van der Waals surface area (Å²) >= 11 is 6.04. The predicted molar refractivity (Wildman–Crippen MR) is 131 cm³/mol. The van der Waals surface area contributed by atoms with Gasteiger partial charge in [-0.25, -0.2) is 4.90 Å². The van der Waals surface area contributed by atoms with E-state index >= 15 is 0 Å². The van der Waals surface area contributed by atoms with E-state index in [1.165, 1.54) is 11.8 Å². The van der Waals surface area contributed by atoms with Gasteiger partial charge in [-0.15, -0.1) is 0 Å². The maximum Gasteiger partial charge on any atom is 0.282 e. The van der Waals surface area contributed by atoms with Crippen LogP contribution in [0.15, 0.2) is 72.4 Å². The Morgan fingerprint density at radius 2 is 1.48 bits per heavy atom. The summed E-state index contributed by atoms with van der Waals surface area (Å²) in [7, 11) is 0. The number of amides is 3. The van der Waals surface area contributed by atoms with E-state index in [1.54, 1.807) is 48.5 Å². The van der Waals surface area contributed by atoms with Crippen molar-refractivity contribution in [3.63, 3.8) is 0 Å². The number of hydrogen-bond donors (Lipinski definition) is 2. The second-order valence-corrected chi connectivity index (χ2v) is 8.31. The van der Waals surface area contributed by atoms with Gasteiger partial charge >= 0.3 is 0 Å². The summed E-state index contributed by atoms with van der Waals surface area (Å²) in [5, 5.41) is 6.35. The standard InChI is InChI=1S/C26H22ClN3O3/c1-15-4-5-16(2)22(14-15)30-25(32)23(18-6-8-19(27)9-7-18)24(26(30)33)29-21-12-10-20(11-13-21)28-17(3)31/h4-14,29H,1-3H3,(H,28,31). The highest BCUT2D eigenvalue weighted by molar-refractivity contribution is 6.46. The smallest absolute Gasteiger partial charge is 0.282 e. The molecule has 3 aromatic rings. The van der Waals surface area contributed by atoms with Crippen molar-refractivity contribution in [3.05, 3.63) is 94.1 Å². The minimum atomic E-state index is -0.440. The lowest BCUT2D eigenvalue weighted by molar-refractivity contribution is -0.120. The van der Waals surface area contributed by atoms with Crippen LogP contribution in [0.1, 0.15) is 23.6 Å². The van der Waals surface area contributed by atoms with Crippen LogP contribution in [0.5, 0.6) is 0 Å². The van der Waals surface area contributed by atoms with Crippen LogP contribution in [0.25, 0.3) is 5.57 Å². The third kappa shape index (κ3) is 4.52. The van der Waals surface area contributed by atoms with E-state index in [-0.39, 0.29) is 17.2 Å². The Balaban J connectivity index is 1.77. The first kappa shape index (κ1) is 22.3. The van der Waals surface area contributed by atoms with E-state index in [0.717, 1.165) is 11.1 Å². The molecule has 0 fully saturated rings. The molecule has 3 aromatic carbocycles. The van der Waals surface area contributed by atoms with Crippen LogP contribution in [0.4, 0.5) is 17.1 Å². The number of nitrogens with zero attached hydrogens (tertiary/aromatic N) is 1. The van der Waals surface area contributed by atoms with E-state index in [2.05, 4.69) is 10.6 Å². The molecule has 1 heterocycles. The number of aryl methyl sites for hydroxylation is 2. The fourth-order valence-corrected chi connectivity index (χ4v) is 3.82. The van der Waals surface area contributed by atoms with Crippen LogP contribution in [0.2, 0.25) is 5.02 Å². The Bertz CT molecular complexity index is 1300. The average molecular weight is 460 g/mol. The van der Waals surface area contributed by atoms with E-state index < -0.39 is 11.8 Å². The van der Waals surface area contributed by atoms with Crippen molar-refractivity contribution in [3.8, 4) is 0 Å². The highest BCUT2D eigenvalue weighted by atomic mass is 35.5. The van der Waals surface area contributed by atoms with Gasteiger partial charge in [-0.2, -0.15) is 0 Å². The quantitative estimate of drug-likeness (QED) is 0.507. The van der Waals surface area contributed by atoms with Gasteiger partial charge in [0.1, 0.15) is 5.70 Å². The van der Waals surface area contributed by atoms with Crippen LogP contribution in [0, 0.1) is 13.8 Å². The Morgan fingerprint density at radius 1 is 0.848 bits per heavy atom. The van der Waals surface area contributed by atoms with Crippen molar-refractivity contribution in [1.82, 2.24) is 0 Å². The van der Waals surface area contributed by atoms with Gasteiger partial charge in [0.25, 0.3) is 11.8 Å². The van der Waals surface area contributed by atoms with Gasteiger partial charge < -0.3 is 10.6 Å². The van der Waals surface area contributed by atoms with Crippen molar-refractivity contribution >= 4 is 52.0 Å². The normalized spacial score (nSPS) is 13.5. The Kier molecular flexibility index (Phi) is 6.03. The van der Waals surface area contributed by atoms with Crippen molar-refractivity contribution in [2.45, 2.75) is 20.8 Å². The summed E-state index contributed by atoms with van der Waals surface area (Å²) < 4.78 is 0. The van der Waals surface area contributed by atoms with Crippen molar-refractivity contribution in [1.29, 1.82) is 0 Å². The number of halogens is 1. The number of rotatable bonds is 5. The molecule has 0 spiro atoms. The zero-order chi connectivity index (χ0) is 23.7. The van der Waals surface area contributed by atoms with Gasteiger partial charge in [0.15, 0.2) is 0 Å². The molecule has 0 aromatic heterocycles. The van der Waals surface area contributed by atoms with E-state index in [1.807, 2.05) is 32.0 Å². The molecule has 0 unspecified atom stereocenters. The summed E-state index contributed by atoms with van der Waals surface area (Å²) in [5.74, 6) is -1.03. The lowest BCUT2D eigenvalue weighted by Gasteiger charge is -2.18. The molecule has 1 aliphatic rings. The van der Waals surface area contributed by atoms with Gasteiger partial charge in [0, 0.05) is 23.3 Å². The predicted octanol–water partition coefficient (Wildman–Crippen LogP) is 5.31. The number of benzene rings is 3. The van der Waals surface area contributed by atoms with Gasteiger partial charge in [0.2, 0.25) is 5.91 Å². The Morgan fingerprint density at radius 3 is 2.12 bits per heavy atom. The maximum absolute atomic E-state index is 13.6. The number of anilines is 3. The molecule has 0 aliphatic carbocycles. The molecule has 3 amide bonds. The monoisotopic (exact) mass is 459 g/mol. The first-order valence-electron chi connectivity index (χ1n) is 10.4. The van der Waals surface area contributed by atoms with Crippen LogP contribution >= 0.6 is 11.6 Å². The highest BCUT2D eigenvalue weighted by Gasteiger charge is 2.40. The zero-order valence-electron chi connectivity index (χ0n) is 18.4. The van der Waals surface area contributed by atoms with Gasteiger partial charge in [-0.05, 0) is 73.0 Å². The van der Waals surface area contributed by atoms with Gasteiger partial charge in [0.05, 0.1) is 11.3 Å². The Labute approximate surface area is 196 Å². The lowest BCUT2D eigenvalue weighted by atomic mass is 10.0. The lowest BCUT2D eigenvalue weighted by Crippen LogP contribution is -2.33. The zero-order valence-corrected chi connectivity index (χ0v) is 19.2. The van der Waals surface area contributed by atoms with E-state index in [9.17, 15) is 14.4 Å². The number of carbonyl (C=O) groups excluding carboxylic acids is 3. The summed E-state index contributed by atoms with van der Waals surface area (Å²) in [6.45, 7) is 5.21. The van der Waals surface area contributed by atoms with Crippen LogP contribution < -0.4 is 15.5 Å². The third-order valence-electron chi connectivity index (χ3n) is 5.30.